The average molecular weight is 352 g/mol. The van der Waals surface area contributed by atoms with Crippen molar-refractivity contribution in [3.63, 3.8) is 0 Å². The minimum absolute atomic E-state index is 0.153. The first-order valence-electron chi connectivity index (χ1n) is 6.49. The van der Waals surface area contributed by atoms with E-state index < -0.39 is 5.82 Å². The summed E-state index contributed by atoms with van der Waals surface area (Å²) in [6.07, 6.45) is 0.153. The summed E-state index contributed by atoms with van der Waals surface area (Å²) < 4.78 is 20.0. The Hall–Kier alpha value is -1.88. The lowest BCUT2D eigenvalue weighted by atomic mass is 10.2. The summed E-state index contributed by atoms with van der Waals surface area (Å²) in [4.78, 5) is 11.7. The summed E-state index contributed by atoms with van der Waals surface area (Å²) in [6.45, 7) is 2.02. The molecule has 3 nitrogen and oxygen atoms in total. The van der Waals surface area contributed by atoms with Crippen LogP contribution in [0.4, 0.5) is 10.1 Å². The standard InChI is InChI=1S/C16H15BrFNO2/c1-11-5-6-15(14(18)9-11)19-16(20)7-8-21-13-4-2-3-12(17)10-13/h2-6,9-10H,7-8H2,1H3,(H,19,20). The van der Waals surface area contributed by atoms with E-state index in [1.54, 1.807) is 19.1 Å². The Bertz CT molecular complexity index is 646. The number of ether oxygens (including phenoxy) is 1. The molecule has 0 radical (unpaired) electrons. The van der Waals surface area contributed by atoms with Gasteiger partial charge >= 0.3 is 0 Å². The van der Waals surface area contributed by atoms with Gasteiger partial charge in [0.1, 0.15) is 11.6 Å². The summed E-state index contributed by atoms with van der Waals surface area (Å²) in [5.74, 6) is -0.0392. The Morgan fingerprint density at radius 3 is 2.81 bits per heavy atom. The topological polar surface area (TPSA) is 38.3 Å². The number of halogens is 2. The van der Waals surface area contributed by atoms with Gasteiger partial charge in [0, 0.05) is 4.47 Å². The first kappa shape index (κ1) is 15.5. The number of hydrogen-bond donors (Lipinski definition) is 1. The van der Waals surface area contributed by atoms with E-state index in [2.05, 4.69) is 21.2 Å². The molecule has 5 heteroatoms. The number of carbonyl (C=O) groups is 1. The van der Waals surface area contributed by atoms with Crippen LogP contribution < -0.4 is 10.1 Å². The van der Waals surface area contributed by atoms with Crippen LogP contribution in [-0.4, -0.2) is 12.5 Å². The predicted octanol–water partition coefficient (Wildman–Crippen LogP) is 4.30. The smallest absolute Gasteiger partial charge is 0.227 e. The maximum Gasteiger partial charge on any atom is 0.227 e. The van der Waals surface area contributed by atoms with Crippen molar-refractivity contribution in [1.29, 1.82) is 0 Å². The molecule has 0 aliphatic heterocycles. The molecule has 2 aromatic carbocycles. The fourth-order valence-electron chi connectivity index (χ4n) is 1.75. The van der Waals surface area contributed by atoms with E-state index in [0.29, 0.717) is 5.75 Å². The van der Waals surface area contributed by atoms with Crippen LogP contribution >= 0.6 is 15.9 Å². The van der Waals surface area contributed by atoms with Crippen molar-refractivity contribution in [3.8, 4) is 5.75 Å². The van der Waals surface area contributed by atoms with Gasteiger partial charge < -0.3 is 10.1 Å². The Labute approximate surface area is 131 Å². The number of amides is 1. The van der Waals surface area contributed by atoms with Crippen LogP contribution in [0.5, 0.6) is 5.75 Å². The van der Waals surface area contributed by atoms with Gasteiger partial charge in [-0.25, -0.2) is 4.39 Å². The van der Waals surface area contributed by atoms with Crippen molar-refractivity contribution in [2.45, 2.75) is 13.3 Å². The third-order valence-corrected chi connectivity index (χ3v) is 3.29. The minimum atomic E-state index is -0.434. The quantitative estimate of drug-likeness (QED) is 0.871. The van der Waals surface area contributed by atoms with Crippen LogP contribution in [0.1, 0.15) is 12.0 Å². The zero-order valence-electron chi connectivity index (χ0n) is 11.5. The summed E-state index contributed by atoms with van der Waals surface area (Å²) in [7, 11) is 0. The number of rotatable bonds is 5. The molecule has 1 N–H and O–H groups in total. The van der Waals surface area contributed by atoms with Crippen LogP contribution in [0.15, 0.2) is 46.9 Å². The van der Waals surface area contributed by atoms with Crippen molar-refractivity contribution in [2.75, 3.05) is 11.9 Å². The van der Waals surface area contributed by atoms with Gasteiger partial charge in [-0.15, -0.1) is 0 Å². The predicted molar refractivity (Wildman–Crippen MR) is 84.0 cm³/mol. The van der Waals surface area contributed by atoms with Gasteiger partial charge in [0.05, 0.1) is 18.7 Å². The molecule has 0 heterocycles. The molecule has 0 saturated carbocycles. The number of nitrogens with one attached hydrogen (secondary N) is 1. The van der Waals surface area contributed by atoms with Gasteiger partial charge in [0.2, 0.25) is 5.91 Å². The molecule has 0 spiro atoms. The van der Waals surface area contributed by atoms with E-state index in [4.69, 9.17) is 4.74 Å². The molecule has 0 aliphatic rings. The number of benzene rings is 2. The van der Waals surface area contributed by atoms with Crippen molar-refractivity contribution in [2.24, 2.45) is 0 Å². The molecule has 2 rings (SSSR count). The second-order valence-corrected chi connectivity index (χ2v) is 5.50. The molecule has 2 aromatic rings. The van der Waals surface area contributed by atoms with Crippen molar-refractivity contribution >= 4 is 27.5 Å². The van der Waals surface area contributed by atoms with Crippen molar-refractivity contribution in [1.82, 2.24) is 0 Å². The van der Waals surface area contributed by atoms with E-state index in [1.165, 1.54) is 6.07 Å². The van der Waals surface area contributed by atoms with Gasteiger partial charge in [0.25, 0.3) is 0 Å². The number of aryl methyl sites for hydroxylation is 1. The van der Waals surface area contributed by atoms with Gasteiger partial charge in [0.15, 0.2) is 0 Å². The zero-order chi connectivity index (χ0) is 15.2. The SMILES string of the molecule is Cc1ccc(NC(=O)CCOc2cccc(Br)c2)c(F)c1. The van der Waals surface area contributed by atoms with Crippen LogP contribution in [0, 0.1) is 12.7 Å². The highest BCUT2D eigenvalue weighted by atomic mass is 79.9. The fourth-order valence-corrected chi connectivity index (χ4v) is 2.13. The highest BCUT2D eigenvalue weighted by Crippen LogP contribution is 2.18. The Kier molecular flexibility index (Phi) is 5.33. The molecular weight excluding hydrogens is 337 g/mol. The average Bonchev–Trinajstić information content (AvgIpc) is 2.42. The highest BCUT2D eigenvalue weighted by Gasteiger charge is 2.07. The third-order valence-electron chi connectivity index (χ3n) is 2.79. The second kappa shape index (κ2) is 7.22. The van der Waals surface area contributed by atoms with Gasteiger partial charge in [-0.3, -0.25) is 4.79 Å². The van der Waals surface area contributed by atoms with Crippen LogP contribution in [0.2, 0.25) is 0 Å². The fraction of sp³-hybridized carbons (Fsp3) is 0.188. The lowest BCUT2D eigenvalue weighted by Crippen LogP contribution is -2.16. The Morgan fingerprint density at radius 2 is 2.10 bits per heavy atom. The van der Waals surface area contributed by atoms with E-state index in [0.717, 1.165) is 10.0 Å². The molecule has 0 atom stereocenters. The van der Waals surface area contributed by atoms with Gasteiger partial charge in [-0.1, -0.05) is 28.1 Å². The molecule has 0 fully saturated rings. The molecule has 0 unspecified atom stereocenters. The second-order valence-electron chi connectivity index (χ2n) is 4.59. The number of carbonyl (C=O) groups excluding carboxylic acids is 1. The van der Waals surface area contributed by atoms with Gasteiger partial charge in [-0.05, 0) is 42.8 Å². The molecule has 110 valence electrons. The van der Waals surface area contributed by atoms with E-state index in [9.17, 15) is 9.18 Å². The lowest BCUT2D eigenvalue weighted by molar-refractivity contribution is -0.116. The summed E-state index contributed by atoms with van der Waals surface area (Å²) >= 11 is 3.34. The highest BCUT2D eigenvalue weighted by molar-refractivity contribution is 9.10. The monoisotopic (exact) mass is 351 g/mol. The summed E-state index contributed by atoms with van der Waals surface area (Å²) in [5.41, 5.74) is 0.997. The normalized spacial score (nSPS) is 10.2. The minimum Gasteiger partial charge on any atom is -0.493 e. The molecule has 0 aliphatic carbocycles. The first-order chi connectivity index (χ1) is 10.0. The first-order valence-corrected chi connectivity index (χ1v) is 7.28. The molecular formula is C16H15BrFNO2. The maximum absolute atomic E-state index is 13.6. The zero-order valence-corrected chi connectivity index (χ0v) is 13.1. The van der Waals surface area contributed by atoms with Crippen LogP contribution in [0.25, 0.3) is 0 Å². The van der Waals surface area contributed by atoms with E-state index >= 15 is 0 Å². The molecule has 21 heavy (non-hydrogen) atoms. The van der Waals surface area contributed by atoms with E-state index in [-0.39, 0.29) is 24.6 Å². The van der Waals surface area contributed by atoms with Crippen LogP contribution in [-0.2, 0) is 4.79 Å². The summed E-state index contributed by atoms with van der Waals surface area (Å²) in [6, 6.07) is 12.0. The Morgan fingerprint density at radius 1 is 1.29 bits per heavy atom. The molecule has 0 aromatic heterocycles. The third kappa shape index (κ3) is 4.86. The number of hydrogen-bond acceptors (Lipinski definition) is 2. The molecule has 1 amide bonds. The Balaban J connectivity index is 1.82. The van der Waals surface area contributed by atoms with Crippen LogP contribution in [0.3, 0.4) is 0 Å². The van der Waals surface area contributed by atoms with Crippen molar-refractivity contribution in [3.05, 3.63) is 58.3 Å². The molecule has 0 bridgehead atoms. The van der Waals surface area contributed by atoms with Gasteiger partial charge in [-0.2, -0.15) is 0 Å². The maximum atomic E-state index is 13.6. The van der Waals surface area contributed by atoms with E-state index in [1.807, 2.05) is 24.3 Å². The van der Waals surface area contributed by atoms with Crippen molar-refractivity contribution < 1.29 is 13.9 Å². The number of anilines is 1. The molecule has 0 saturated heterocycles. The lowest BCUT2D eigenvalue weighted by Gasteiger charge is -2.08. The summed E-state index contributed by atoms with van der Waals surface area (Å²) in [5, 5.41) is 2.53. The largest absolute Gasteiger partial charge is 0.493 e.